The molecule has 1 heterocycles. The van der Waals surface area contributed by atoms with E-state index in [1.54, 1.807) is 45.6 Å². The Hall–Kier alpha value is -4.02. The van der Waals surface area contributed by atoms with Crippen LogP contribution in [0.2, 0.25) is 5.02 Å². The fourth-order valence-corrected chi connectivity index (χ4v) is 4.44. The zero-order valence-electron chi connectivity index (χ0n) is 20.3. The normalized spacial score (nSPS) is 10.9. The number of hydrogen-bond acceptors (Lipinski definition) is 8. The van der Waals surface area contributed by atoms with Crippen LogP contribution in [0.25, 0.3) is 17.1 Å². The highest BCUT2D eigenvalue weighted by atomic mass is 35.5. The average molecular weight is 538 g/mol. The van der Waals surface area contributed by atoms with Gasteiger partial charge in [-0.2, -0.15) is 5.10 Å². The van der Waals surface area contributed by atoms with Crippen LogP contribution in [0.5, 0.6) is 17.2 Å². The number of carbonyl (C=O) groups excluding carboxylic acids is 1. The second-order valence-corrected chi connectivity index (χ2v) is 8.91. The summed E-state index contributed by atoms with van der Waals surface area (Å²) < 4.78 is 18.3. The Morgan fingerprint density at radius 1 is 1.00 bits per heavy atom. The van der Waals surface area contributed by atoms with Crippen molar-refractivity contribution >= 4 is 35.5 Å². The Morgan fingerprint density at radius 3 is 2.38 bits per heavy atom. The minimum atomic E-state index is -0.291. The van der Waals surface area contributed by atoms with Crippen LogP contribution in [-0.2, 0) is 4.79 Å². The maximum Gasteiger partial charge on any atom is 0.250 e. The summed E-state index contributed by atoms with van der Waals surface area (Å²) in [7, 11) is 4.65. The van der Waals surface area contributed by atoms with E-state index < -0.39 is 0 Å². The molecule has 11 heteroatoms. The van der Waals surface area contributed by atoms with Gasteiger partial charge in [-0.3, -0.25) is 9.36 Å². The second-order valence-electron chi connectivity index (χ2n) is 7.53. The van der Waals surface area contributed by atoms with Gasteiger partial charge in [0.1, 0.15) is 0 Å². The maximum absolute atomic E-state index is 12.5. The van der Waals surface area contributed by atoms with E-state index in [-0.39, 0.29) is 11.7 Å². The first kappa shape index (κ1) is 26.1. The predicted molar refractivity (Wildman–Crippen MR) is 144 cm³/mol. The quantitative estimate of drug-likeness (QED) is 0.175. The lowest BCUT2D eigenvalue weighted by Crippen LogP contribution is -2.20. The molecule has 190 valence electrons. The topological polar surface area (TPSA) is 99.9 Å². The molecule has 0 radical (unpaired) electrons. The number of hydrogen-bond donors (Lipinski definition) is 1. The van der Waals surface area contributed by atoms with Gasteiger partial charge in [0.25, 0.3) is 5.91 Å². The highest BCUT2D eigenvalue weighted by molar-refractivity contribution is 7.99. The number of nitrogens with one attached hydrogen (secondary N) is 1. The van der Waals surface area contributed by atoms with Crippen LogP contribution in [0.1, 0.15) is 5.56 Å². The molecule has 0 unspecified atom stereocenters. The number of ether oxygens (including phenoxy) is 3. The van der Waals surface area contributed by atoms with Crippen LogP contribution in [-0.4, -0.2) is 54.0 Å². The zero-order valence-corrected chi connectivity index (χ0v) is 21.9. The van der Waals surface area contributed by atoms with E-state index in [1.807, 2.05) is 47.0 Å². The van der Waals surface area contributed by atoms with Crippen molar-refractivity contribution in [2.75, 3.05) is 27.1 Å². The van der Waals surface area contributed by atoms with E-state index in [9.17, 15) is 4.79 Å². The highest BCUT2D eigenvalue weighted by Gasteiger charge is 2.21. The van der Waals surface area contributed by atoms with E-state index in [1.165, 1.54) is 18.0 Å². The van der Waals surface area contributed by atoms with Crippen LogP contribution < -0.4 is 19.6 Å². The van der Waals surface area contributed by atoms with Gasteiger partial charge in [-0.05, 0) is 42.0 Å². The molecule has 4 aromatic rings. The van der Waals surface area contributed by atoms with Crippen molar-refractivity contribution in [2.45, 2.75) is 5.16 Å². The third-order valence-electron chi connectivity index (χ3n) is 5.15. The molecule has 1 aromatic heterocycles. The van der Waals surface area contributed by atoms with Gasteiger partial charge in [0, 0.05) is 16.3 Å². The Balaban J connectivity index is 1.59. The first-order valence-electron chi connectivity index (χ1n) is 11.1. The fourth-order valence-electron chi connectivity index (χ4n) is 3.50. The number of halogens is 1. The molecule has 0 aliphatic carbocycles. The molecule has 1 amide bonds. The van der Waals surface area contributed by atoms with Crippen molar-refractivity contribution in [3.8, 4) is 34.3 Å². The fraction of sp³-hybridized carbons (Fsp3) is 0.154. The molecule has 0 saturated heterocycles. The molecule has 0 aliphatic heterocycles. The van der Waals surface area contributed by atoms with Gasteiger partial charge in [0.15, 0.2) is 22.5 Å². The lowest BCUT2D eigenvalue weighted by molar-refractivity contribution is -0.118. The van der Waals surface area contributed by atoms with Crippen molar-refractivity contribution in [3.05, 3.63) is 77.3 Å². The van der Waals surface area contributed by atoms with Crippen LogP contribution in [0.15, 0.2) is 77.0 Å². The van der Waals surface area contributed by atoms with Crippen molar-refractivity contribution in [1.29, 1.82) is 0 Å². The van der Waals surface area contributed by atoms with Gasteiger partial charge < -0.3 is 14.2 Å². The maximum atomic E-state index is 12.5. The lowest BCUT2D eigenvalue weighted by Gasteiger charge is -2.15. The molecule has 9 nitrogen and oxygen atoms in total. The summed E-state index contributed by atoms with van der Waals surface area (Å²) in [6.07, 6.45) is 1.53. The molecule has 0 fully saturated rings. The highest BCUT2D eigenvalue weighted by Crippen LogP contribution is 2.41. The third kappa shape index (κ3) is 6.22. The van der Waals surface area contributed by atoms with Crippen LogP contribution in [0.3, 0.4) is 0 Å². The Bertz CT molecular complexity index is 1390. The summed E-state index contributed by atoms with van der Waals surface area (Å²) in [5.74, 6) is 1.79. The zero-order chi connectivity index (χ0) is 26.2. The summed E-state index contributed by atoms with van der Waals surface area (Å²) in [6, 6.07) is 20.4. The summed E-state index contributed by atoms with van der Waals surface area (Å²) in [4.78, 5) is 12.5. The number of rotatable bonds is 10. The standard InChI is InChI=1S/C26H24ClN5O4S/c1-34-21-13-18(14-22(35-2)24(21)36-3)25-30-31-26(32(25)20-10-5-4-6-11-20)37-16-23(33)29-28-15-17-8-7-9-19(27)12-17/h4-15H,16H2,1-3H3,(H,29,33). The monoisotopic (exact) mass is 537 g/mol. The largest absolute Gasteiger partial charge is 0.493 e. The molecule has 1 N–H and O–H groups in total. The molecule has 0 aliphatic rings. The first-order chi connectivity index (χ1) is 18.0. The van der Waals surface area contributed by atoms with Crippen molar-refractivity contribution in [1.82, 2.24) is 20.2 Å². The van der Waals surface area contributed by atoms with Crippen LogP contribution in [0, 0.1) is 0 Å². The van der Waals surface area contributed by atoms with Crippen molar-refractivity contribution < 1.29 is 19.0 Å². The molecular weight excluding hydrogens is 514 g/mol. The van der Waals surface area contributed by atoms with E-state index in [0.717, 1.165) is 11.3 Å². The number of para-hydroxylation sites is 1. The first-order valence-corrected chi connectivity index (χ1v) is 12.4. The summed E-state index contributed by atoms with van der Waals surface area (Å²) in [5, 5.41) is 13.9. The number of carbonyl (C=O) groups is 1. The number of aromatic nitrogens is 3. The minimum Gasteiger partial charge on any atom is -0.493 e. The van der Waals surface area contributed by atoms with Crippen molar-refractivity contribution in [3.63, 3.8) is 0 Å². The summed E-state index contributed by atoms with van der Waals surface area (Å²) >= 11 is 7.21. The van der Waals surface area contributed by atoms with E-state index in [2.05, 4.69) is 20.7 Å². The number of benzene rings is 3. The van der Waals surface area contributed by atoms with Gasteiger partial charge in [0.2, 0.25) is 5.75 Å². The number of hydrazone groups is 1. The van der Waals surface area contributed by atoms with Gasteiger partial charge in [0.05, 0.1) is 33.3 Å². The van der Waals surface area contributed by atoms with E-state index >= 15 is 0 Å². The summed E-state index contributed by atoms with van der Waals surface area (Å²) in [6.45, 7) is 0. The number of nitrogens with zero attached hydrogens (tertiary/aromatic N) is 4. The molecule has 3 aromatic carbocycles. The molecule has 0 saturated carbocycles. The second kappa shape index (κ2) is 12.3. The minimum absolute atomic E-state index is 0.0765. The number of thioether (sulfide) groups is 1. The molecule has 0 bridgehead atoms. The predicted octanol–water partition coefficient (Wildman–Crippen LogP) is 4.86. The SMILES string of the molecule is COc1cc(-c2nnc(SCC(=O)NN=Cc3cccc(Cl)c3)n2-c2ccccc2)cc(OC)c1OC. The smallest absolute Gasteiger partial charge is 0.250 e. The van der Waals surface area contributed by atoms with Gasteiger partial charge in [-0.25, -0.2) is 5.43 Å². The number of amides is 1. The average Bonchev–Trinajstić information content (AvgIpc) is 3.35. The van der Waals surface area contributed by atoms with Gasteiger partial charge in [-0.15, -0.1) is 10.2 Å². The van der Waals surface area contributed by atoms with Crippen LogP contribution >= 0.6 is 23.4 Å². The van der Waals surface area contributed by atoms with Crippen molar-refractivity contribution in [2.24, 2.45) is 5.10 Å². The molecule has 4 rings (SSSR count). The molecule has 0 spiro atoms. The Labute approximate surface area is 223 Å². The van der Waals surface area contributed by atoms with Gasteiger partial charge in [-0.1, -0.05) is 53.7 Å². The van der Waals surface area contributed by atoms with Crippen LogP contribution in [0.4, 0.5) is 0 Å². The Morgan fingerprint density at radius 2 is 1.73 bits per heavy atom. The Kier molecular flexibility index (Phi) is 8.65. The lowest BCUT2D eigenvalue weighted by atomic mass is 10.1. The summed E-state index contributed by atoms with van der Waals surface area (Å²) in [5.41, 5.74) is 4.83. The van der Waals surface area contributed by atoms with E-state index in [4.69, 9.17) is 25.8 Å². The number of methoxy groups -OCH3 is 3. The third-order valence-corrected chi connectivity index (χ3v) is 6.32. The van der Waals surface area contributed by atoms with E-state index in [0.29, 0.717) is 38.8 Å². The molecular formula is C26H24ClN5O4S. The van der Waals surface area contributed by atoms with Gasteiger partial charge >= 0.3 is 0 Å². The molecule has 37 heavy (non-hydrogen) atoms. The molecule has 0 atom stereocenters.